The van der Waals surface area contributed by atoms with E-state index in [1.165, 1.54) is 0 Å². The topological polar surface area (TPSA) is 143 Å². The van der Waals surface area contributed by atoms with Crippen molar-refractivity contribution in [3.63, 3.8) is 0 Å². The lowest BCUT2D eigenvalue weighted by molar-refractivity contribution is -0.121. The number of phenolic OH excluding ortho intramolecular Hbond substituents is 1. The van der Waals surface area contributed by atoms with Crippen LogP contribution in [-0.2, 0) is 30.2 Å². The van der Waals surface area contributed by atoms with Gasteiger partial charge in [0.05, 0.1) is 12.2 Å². The van der Waals surface area contributed by atoms with Gasteiger partial charge in [0.2, 0.25) is 11.8 Å². The number of aliphatic hydroxyl groups excluding tert-OH is 1. The molecule has 10 nitrogen and oxygen atoms in total. The molecule has 39 heavy (non-hydrogen) atoms. The van der Waals surface area contributed by atoms with Gasteiger partial charge in [-0.3, -0.25) is 9.59 Å². The monoisotopic (exact) mass is 536 g/mol. The summed E-state index contributed by atoms with van der Waals surface area (Å²) in [5, 5.41) is 24.0. The number of carbonyl (C=O) groups excluding carboxylic acids is 3. The van der Waals surface area contributed by atoms with Crippen LogP contribution in [0.25, 0.3) is 6.08 Å². The van der Waals surface area contributed by atoms with Crippen molar-refractivity contribution in [3.8, 4) is 5.75 Å². The first-order valence-corrected chi connectivity index (χ1v) is 12.8. The van der Waals surface area contributed by atoms with Crippen LogP contribution in [0.3, 0.4) is 0 Å². The minimum Gasteiger partial charge on any atom is -0.508 e. The van der Waals surface area contributed by atoms with Crippen LogP contribution in [-0.4, -0.2) is 72.8 Å². The highest BCUT2D eigenvalue weighted by Crippen LogP contribution is 2.31. The second-order valence-corrected chi connectivity index (χ2v) is 9.12. The second-order valence-electron chi connectivity index (χ2n) is 9.12. The van der Waals surface area contributed by atoms with E-state index in [2.05, 4.69) is 10.6 Å². The molecule has 1 aliphatic carbocycles. The number of benzene rings is 2. The van der Waals surface area contributed by atoms with Gasteiger partial charge in [-0.15, -0.1) is 0 Å². The number of hydrogen-bond acceptors (Lipinski definition) is 8. The Morgan fingerprint density at radius 2 is 1.82 bits per heavy atom. The van der Waals surface area contributed by atoms with E-state index in [0.29, 0.717) is 23.1 Å². The molecule has 4 rings (SSSR count). The molecule has 0 spiro atoms. The van der Waals surface area contributed by atoms with Crippen molar-refractivity contribution in [1.29, 1.82) is 0 Å². The fourth-order valence-corrected chi connectivity index (χ4v) is 4.44. The van der Waals surface area contributed by atoms with Gasteiger partial charge in [0, 0.05) is 31.5 Å². The van der Waals surface area contributed by atoms with Crippen LogP contribution in [0.4, 0.5) is 0 Å². The van der Waals surface area contributed by atoms with Crippen LogP contribution in [0.2, 0.25) is 0 Å². The molecule has 2 aromatic rings. The number of para-hydroxylation sites is 1. The zero-order valence-electron chi connectivity index (χ0n) is 21.4. The molecule has 10 heteroatoms. The quantitative estimate of drug-likeness (QED) is 0.319. The Balaban J connectivity index is 1.39. The van der Waals surface area contributed by atoms with E-state index < -0.39 is 24.3 Å². The van der Waals surface area contributed by atoms with Crippen LogP contribution >= 0.6 is 0 Å². The van der Waals surface area contributed by atoms with Crippen LogP contribution in [0, 0.1) is 0 Å². The molecule has 0 radical (unpaired) electrons. The van der Waals surface area contributed by atoms with Gasteiger partial charge in [-0.2, -0.15) is 0 Å². The SMILES string of the molecule is O=C(CCNC(=O)C1=C[C@H]2OCO[C@H]2[C@H](OC(=O)c2ccccc2C=CCc2ccccc2O)C1)NCCO. The summed E-state index contributed by atoms with van der Waals surface area (Å²) in [4.78, 5) is 37.7. The molecule has 1 aliphatic heterocycles. The number of carbonyl (C=O) groups is 3. The number of aliphatic hydroxyl groups is 1. The minimum atomic E-state index is -0.748. The van der Waals surface area contributed by atoms with E-state index in [4.69, 9.17) is 19.3 Å². The summed E-state index contributed by atoms with van der Waals surface area (Å²) >= 11 is 0. The molecule has 2 aliphatic rings. The van der Waals surface area contributed by atoms with Crippen molar-refractivity contribution >= 4 is 23.9 Å². The number of ether oxygens (including phenoxy) is 3. The number of rotatable bonds is 11. The van der Waals surface area contributed by atoms with Crippen LogP contribution in [0.15, 0.2) is 66.3 Å². The predicted molar refractivity (Wildman–Crippen MR) is 142 cm³/mol. The average molecular weight is 537 g/mol. The van der Waals surface area contributed by atoms with Gasteiger partial charge in [-0.05, 0) is 35.8 Å². The van der Waals surface area contributed by atoms with Crippen molar-refractivity contribution in [3.05, 3.63) is 82.9 Å². The smallest absolute Gasteiger partial charge is 0.339 e. The van der Waals surface area contributed by atoms with E-state index in [0.717, 1.165) is 5.56 Å². The van der Waals surface area contributed by atoms with Crippen molar-refractivity contribution in [2.75, 3.05) is 26.5 Å². The van der Waals surface area contributed by atoms with Gasteiger partial charge in [-0.1, -0.05) is 48.6 Å². The van der Waals surface area contributed by atoms with Crippen molar-refractivity contribution in [2.45, 2.75) is 37.6 Å². The number of amides is 2. The van der Waals surface area contributed by atoms with Crippen molar-refractivity contribution in [1.82, 2.24) is 10.6 Å². The molecule has 1 saturated heterocycles. The third-order valence-corrected chi connectivity index (χ3v) is 6.43. The largest absolute Gasteiger partial charge is 0.508 e. The lowest BCUT2D eigenvalue weighted by Crippen LogP contribution is -2.43. The summed E-state index contributed by atoms with van der Waals surface area (Å²) in [6.45, 7) is 0.130. The zero-order valence-corrected chi connectivity index (χ0v) is 21.4. The Hall–Kier alpha value is -3.99. The average Bonchev–Trinajstić information content (AvgIpc) is 3.42. The first-order valence-electron chi connectivity index (χ1n) is 12.8. The molecule has 0 aromatic heterocycles. The molecular weight excluding hydrogens is 504 g/mol. The Kier molecular flexibility index (Phi) is 9.85. The second kappa shape index (κ2) is 13.7. The first-order chi connectivity index (χ1) is 19.0. The molecule has 1 heterocycles. The Labute approximate surface area is 226 Å². The molecule has 1 fully saturated rings. The van der Waals surface area contributed by atoms with E-state index in [1.54, 1.807) is 42.5 Å². The number of allylic oxidation sites excluding steroid dienone is 1. The number of esters is 1. The lowest BCUT2D eigenvalue weighted by atomic mass is 9.91. The van der Waals surface area contributed by atoms with Gasteiger partial charge in [0.15, 0.2) is 0 Å². The summed E-state index contributed by atoms with van der Waals surface area (Å²) in [6.07, 6.45) is 4.18. The number of nitrogens with one attached hydrogen (secondary N) is 2. The summed E-state index contributed by atoms with van der Waals surface area (Å²) in [6, 6.07) is 14.1. The Bertz CT molecular complexity index is 1240. The third kappa shape index (κ3) is 7.53. The van der Waals surface area contributed by atoms with E-state index in [-0.39, 0.29) is 56.9 Å². The molecule has 0 bridgehead atoms. The zero-order chi connectivity index (χ0) is 27.6. The van der Waals surface area contributed by atoms with Crippen LogP contribution < -0.4 is 10.6 Å². The summed E-state index contributed by atoms with van der Waals surface area (Å²) in [5.74, 6) is -1.01. The maximum Gasteiger partial charge on any atom is 0.339 e. The highest BCUT2D eigenvalue weighted by Gasteiger charge is 2.42. The van der Waals surface area contributed by atoms with E-state index in [1.807, 2.05) is 24.3 Å². The predicted octanol–water partition coefficient (Wildman–Crippen LogP) is 1.86. The van der Waals surface area contributed by atoms with Crippen LogP contribution in [0.5, 0.6) is 5.75 Å². The molecule has 206 valence electrons. The summed E-state index contributed by atoms with van der Waals surface area (Å²) in [5.41, 5.74) is 2.16. The lowest BCUT2D eigenvalue weighted by Gasteiger charge is -2.30. The minimum absolute atomic E-state index is 0.0193. The molecule has 2 amide bonds. The highest BCUT2D eigenvalue weighted by molar-refractivity contribution is 5.95. The standard InChI is InChI=1S/C29H32N2O8/c32-15-14-30-26(34)12-13-31-28(35)21-16-24-27(38-18-37-24)25(17-21)39-29(36)22-10-3-1-6-19(22)8-5-9-20-7-2-4-11-23(20)33/h1-8,10-11,16,24-25,27,32-33H,9,12-15,17-18H2,(H,30,34)(H,31,35)/t24-,25-,27-/m1/s1. The molecular formula is C29H32N2O8. The Morgan fingerprint density at radius 1 is 1.03 bits per heavy atom. The maximum atomic E-state index is 13.2. The molecule has 3 atom stereocenters. The first kappa shape index (κ1) is 28.0. The van der Waals surface area contributed by atoms with E-state index in [9.17, 15) is 19.5 Å². The van der Waals surface area contributed by atoms with Gasteiger partial charge >= 0.3 is 5.97 Å². The molecule has 0 saturated carbocycles. The Morgan fingerprint density at radius 3 is 2.64 bits per heavy atom. The fraction of sp³-hybridized carbons (Fsp3) is 0.345. The summed E-state index contributed by atoms with van der Waals surface area (Å²) in [7, 11) is 0. The van der Waals surface area contributed by atoms with Crippen molar-refractivity contribution in [2.24, 2.45) is 0 Å². The van der Waals surface area contributed by atoms with Gasteiger partial charge in [-0.25, -0.2) is 4.79 Å². The number of hydrogen-bond donors (Lipinski definition) is 4. The molecule has 2 aromatic carbocycles. The number of aromatic hydroxyl groups is 1. The normalized spacial score (nSPS) is 20.2. The number of fused-ring (bicyclic) bond motifs is 1. The fourth-order valence-electron chi connectivity index (χ4n) is 4.44. The highest BCUT2D eigenvalue weighted by atomic mass is 16.7. The molecule has 0 unspecified atom stereocenters. The van der Waals surface area contributed by atoms with Gasteiger partial charge < -0.3 is 35.1 Å². The van der Waals surface area contributed by atoms with Crippen molar-refractivity contribution < 1.29 is 38.8 Å². The molecule has 4 N–H and O–H groups in total. The maximum absolute atomic E-state index is 13.2. The van der Waals surface area contributed by atoms with Crippen LogP contribution in [0.1, 0.15) is 34.3 Å². The van der Waals surface area contributed by atoms with Gasteiger partial charge in [0.25, 0.3) is 0 Å². The summed E-state index contributed by atoms with van der Waals surface area (Å²) < 4.78 is 17.1. The van der Waals surface area contributed by atoms with Gasteiger partial charge in [0.1, 0.15) is 30.9 Å². The third-order valence-electron chi connectivity index (χ3n) is 6.43. The number of phenols is 1. The van der Waals surface area contributed by atoms with E-state index >= 15 is 0 Å².